The van der Waals surface area contributed by atoms with Gasteiger partial charge in [0.15, 0.2) is 0 Å². The zero-order valence-electron chi connectivity index (χ0n) is 13.9. The van der Waals surface area contributed by atoms with Crippen molar-refractivity contribution in [3.63, 3.8) is 0 Å². The van der Waals surface area contributed by atoms with Gasteiger partial charge in [0.25, 0.3) is 0 Å². The van der Waals surface area contributed by atoms with E-state index in [1.165, 1.54) is 11.1 Å². The molecule has 1 aromatic carbocycles. The zero-order valence-corrected chi connectivity index (χ0v) is 14.7. The fourth-order valence-corrected chi connectivity index (χ4v) is 2.86. The molecule has 1 aliphatic rings. The fraction of sp³-hybridized carbons (Fsp3) is 0.611. The molecule has 124 valence electrons. The van der Waals surface area contributed by atoms with Crippen molar-refractivity contribution < 1.29 is 4.79 Å². The van der Waals surface area contributed by atoms with Gasteiger partial charge in [-0.3, -0.25) is 4.79 Å². The third-order valence-electron chi connectivity index (χ3n) is 4.37. The van der Waals surface area contributed by atoms with Crippen LogP contribution in [-0.4, -0.2) is 25.0 Å². The average molecular weight is 325 g/mol. The summed E-state index contributed by atoms with van der Waals surface area (Å²) in [6.45, 7) is 8.55. The number of hydrogen-bond acceptors (Lipinski definition) is 2. The quantitative estimate of drug-likeness (QED) is 0.869. The molecule has 1 heterocycles. The Bertz CT molecular complexity index is 453. The first-order chi connectivity index (χ1) is 10.1. The summed E-state index contributed by atoms with van der Waals surface area (Å²) in [7, 11) is 0. The van der Waals surface area contributed by atoms with Gasteiger partial charge < -0.3 is 10.6 Å². The molecule has 0 radical (unpaired) electrons. The second kappa shape index (κ2) is 9.16. The highest BCUT2D eigenvalue weighted by Crippen LogP contribution is 2.22. The Balaban J connectivity index is 0.00000242. The molecule has 0 bridgehead atoms. The summed E-state index contributed by atoms with van der Waals surface area (Å²) in [5.41, 5.74) is 2.60. The first kappa shape index (κ1) is 19.0. The summed E-state index contributed by atoms with van der Waals surface area (Å²) in [4.78, 5) is 12.1. The molecule has 2 N–H and O–H groups in total. The summed E-state index contributed by atoms with van der Waals surface area (Å²) in [5, 5.41) is 6.49. The Morgan fingerprint density at radius 1 is 1.14 bits per heavy atom. The minimum absolute atomic E-state index is 0. The highest BCUT2D eigenvalue weighted by atomic mass is 35.5. The van der Waals surface area contributed by atoms with E-state index < -0.39 is 0 Å². The van der Waals surface area contributed by atoms with Crippen LogP contribution in [0, 0.1) is 0 Å². The monoisotopic (exact) mass is 324 g/mol. The van der Waals surface area contributed by atoms with Crippen molar-refractivity contribution in [3.05, 3.63) is 35.4 Å². The van der Waals surface area contributed by atoms with Gasteiger partial charge in [-0.1, -0.05) is 45.0 Å². The van der Waals surface area contributed by atoms with E-state index in [4.69, 9.17) is 0 Å². The van der Waals surface area contributed by atoms with Crippen LogP contribution in [0.3, 0.4) is 0 Å². The predicted molar refractivity (Wildman–Crippen MR) is 94.8 cm³/mol. The van der Waals surface area contributed by atoms with Crippen molar-refractivity contribution >= 4 is 18.3 Å². The Kier molecular flexibility index (Phi) is 7.91. The van der Waals surface area contributed by atoms with Crippen molar-refractivity contribution in [2.75, 3.05) is 13.1 Å². The lowest BCUT2D eigenvalue weighted by molar-refractivity contribution is -0.122. The fourth-order valence-electron chi connectivity index (χ4n) is 2.86. The third-order valence-corrected chi connectivity index (χ3v) is 4.37. The van der Waals surface area contributed by atoms with Crippen molar-refractivity contribution in [3.8, 4) is 0 Å². The predicted octanol–water partition coefficient (Wildman–Crippen LogP) is 3.59. The first-order valence-corrected chi connectivity index (χ1v) is 8.16. The maximum atomic E-state index is 12.1. The number of halogens is 1. The Morgan fingerprint density at radius 3 is 2.23 bits per heavy atom. The van der Waals surface area contributed by atoms with Gasteiger partial charge in [0.2, 0.25) is 5.91 Å². The van der Waals surface area contributed by atoms with Crippen LogP contribution in [-0.2, 0) is 4.79 Å². The Morgan fingerprint density at radius 2 is 1.68 bits per heavy atom. The average Bonchev–Trinajstić information content (AvgIpc) is 2.48. The van der Waals surface area contributed by atoms with Crippen molar-refractivity contribution in [1.82, 2.24) is 10.6 Å². The van der Waals surface area contributed by atoms with Crippen molar-refractivity contribution in [1.29, 1.82) is 0 Å². The first-order valence-electron chi connectivity index (χ1n) is 8.16. The van der Waals surface area contributed by atoms with Gasteiger partial charge in [-0.15, -0.1) is 12.4 Å². The maximum Gasteiger partial charge on any atom is 0.220 e. The van der Waals surface area contributed by atoms with E-state index in [1.807, 2.05) is 0 Å². The molecule has 0 aliphatic carbocycles. The summed E-state index contributed by atoms with van der Waals surface area (Å²) >= 11 is 0. The molecular formula is C18H29ClN2O. The number of nitrogens with one attached hydrogen (secondary N) is 2. The lowest BCUT2D eigenvalue weighted by Gasteiger charge is -2.24. The molecule has 3 nitrogen and oxygen atoms in total. The van der Waals surface area contributed by atoms with E-state index in [0.717, 1.165) is 25.9 Å². The summed E-state index contributed by atoms with van der Waals surface area (Å²) in [5.74, 6) is 1.01. The molecule has 0 saturated carbocycles. The standard InChI is InChI=1S/C18H28N2O.ClH/c1-13(2)15-4-6-16(7-5-15)14(3)12-18(21)20-17-8-10-19-11-9-17;/h4-7,13-14,17,19H,8-12H2,1-3H3,(H,20,21);1H. The lowest BCUT2D eigenvalue weighted by Crippen LogP contribution is -2.42. The number of hydrogen-bond donors (Lipinski definition) is 2. The van der Waals surface area contributed by atoms with E-state index >= 15 is 0 Å². The van der Waals surface area contributed by atoms with Crippen LogP contribution in [0.15, 0.2) is 24.3 Å². The molecule has 1 fully saturated rings. The molecule has 22 heavy (non-hydrogen) atoms. The molecule has 1 aromatic rings. The largest absolute Gasteiger partial charge is 0.353 e. The van der Waals surface area contributed by atoms with Crippen molar-refractivity contribution in [2.45, 2.75) is 57.9 Å². The van der Waals surface area contributed by atoms with Crippen LogP contribution in [0.5, 0.6) is 0 Å². The molecule has 0 aromatic heterocycles. The third kappa shape index (κ3) is 5.62. The number of carbonyl (C=O) groups is 1. The Hall–Kier alpha value is -1.06. The van der Waals surface area contributed by atoms with Crippen LogP contribution >= 0.6 is 12.4 Å². The van der Waals surface area contributed by atoms with E-state index in [-0.39, 0.29) is 24.2 Å². The SMILES string of the molecule is CC(C)c1ccc(C(C)CC(=O)NC2CCNCC2)cc1.Cl. The summed E-state index contributed by atoms with van der Waals surface area (Å²) < 4.78 is 0. The van der Waals surface area contributed by atoms with Gasteiger partial charge in [-0.2, -0.15) is 0 Å². The zero-order chi connectivity index (χ0) is 15.2. The number of amides is 1. The topological polar surface area (TPSA) is 41.1 Å². The molecular weight excluding hydrogens is 296 g/mol. The molecule has 2 rings (SSSR count). The highest BCUT2D eigenvalue weighted by Gasteiger charge is 2.17. The molecule has 0 spiro atoms. The van der Waals surface area contributed by atoms with Gasteiger partial charge in [0.1, 0.15) is 0 Å². The molecule has 1 amide bonds. The second-order valence-electron chi connectivity index (χ2n) is 6.52. The number of carbonyl (C=O) groups excluding carboxylic acids is 1. The van der Waals surface area contributed by atoms with Gasteiger partial charge in [-0.25, -0.2) is 0 Å². The second-order valence-corrected chi connectivity index (χ2v) is 6.52. The molecule has 4 heteroatoms. The highest BCUT2D eigenvalue weighted by molar-refractivity contribution is 5.85. The molecule has 1 atom stereocenters. The molecule has 1 saturated heterocycles. The maximum absolute atomic E-state index is 12.1. The molecule has 1 unspecified atom stereocenters. The number of rotatable bonds is 5. The van der Waals surface area contributed by atoms with Gasteiger partial charge in [0, 0.05) is 12.5 Å². The number of benzene rings is 1. The van der Waals surface area contributed by atoms with Crippen LogP contribution < -0.4 is 10.6 Å². The van der Waals surface area contributed by atoms with Gasteiger partial charge >= 0.3 is 0 Å². The summed E-state index contributed by atoms with van der Waals surface area (Å²) in [6.07, 6.45) is 2.66. The van der Waals surface area contributed by atoms with E-state index in [1.54, 1.807) is 0 Å². The van der Waals surface area contributed by atoms with Gasteiger partial charge in [-0.05, 0) is 48.9 Å². The lowest BCUT2D eigenvalue weighted by atomic mass is 9.94. The minimum atomic E-state index is 0. The number of piperidine rings is 1. The van der Waals surface area contributed by atoms with E-state index in [2.05, 4.69) is 55.7 Å². The van der Waals surface area contributed by atoms with E-state index in [9.17, 15) is 4.79 Å². The van der Waals surface area contributed by atoms with Crippen LogP contribution in [0.1, 0.15) is 63.0 Å². The Labute approximate surface area is 140 Å². The van der Waals surface area contributed by atoms with Crippen LogP contribution in [0.2, 0.25) is 0 Å². The van der Waals surface area contributed by atoms with Crippen molar-refractivity contribution in [2.24, 2.45) is 0 Å². The van der Waals surface area contributed by atoms with Gasteiger partial charge in [0.05, 0.1) is 0 Å². The van der Waals surface area contributed by atoms with Crippen LogP contribution in [0.4, 0.5) is 0 Å². The van der Waals surface area contributed by atoms with Crippen LogP contribution in [0.25, 0.3) is 0 Å². The minimum Gasteiger partial charge on any atom is -0.353 e. The normalized spacial score (nSPS) is 16.9. The smallest absolute Gasteiger partial charge is 0.220 e. The summed E-state index contributed by atoms with van der Waals surface area (Å²) in [6, 6.07) is 9.05. The molecule has 1 aliphatic heterocycles. The van der Waals surface area contributed by atoms with E-state index in [0.29, 0.717) is 18.4 Å².